The lowest BCUT2D eigenvalue weighted by atomic mass is 10.1. The molecule has 2 aromatic heterocycles. The van der Waals surface area contributed by atoms with E-state index in [1.54, 1.807) is 18.2 Å². The van der Waals surface area contributed by atoms with Gasteiger partial charge in [0.2, 0.25) is 5.91 Å². The Kier molecular flexibility index (Phi) is 3.95. The lowest BCUT2D eigenvalue weighted by Crippen LogP contribution is -2.13. The number of aromatic hydroxyl groups is 1. The number of aromatic amines is 1. The van der Waals surface area contributed by atoms with E-state index in [4.69, 9.17) is 0 Å². The summed E-state index contributed by atoms with van der Waals surface area (Å²) < 4.78 is 0. The summed E-state index contributed by atoms with van der Waals surface area (Å²) in [5, 5.41) is 15.9. The Balaban J connectivity index is 1.48. The molecule has 0 saturated heterocycles. The van der Waals surface area contributed by atoms with Crippen LogP contribution in [-0.4, -0.2) is 21.0 Å². The first-order chi connectivity index (χ1) is 12.2. The predicted molar refractivity (Wildman–Crippen MR) is 99.8 cm³/mol. The van der Waals surface area contributed by atoms with Gasteiger partial charge >= 0.3 is 0 Å². The van der Waals surface area contributed by atoms with Crippen LogP contribution in [0.1, 0.15) is 5.56 Å². The number of thiazole rings is 1. The molecule has 0 fully saturated rings. The molecule has 6 heteroatoms. The van der Waals surface area contributed by atoms with Gasteiger partial charge in [-0.2, -0.15) is 0 Å². The Labute approximate surface area is 148 Å². The molecule has 0 aliphatic rings. The van der Waals surface area contributed by atoms with Crippen LogP contribution in [0.3, 0.4) is 0 Å². The van der Waals surface area contributed by atoms with E-state index in [1.807, 2.05) is 41.9 Å². The van der Waals surface area contributed by atoms with Gasteiger partial charge in [0.25, 0.3) is 0 Å². The molecular weight excluding hydrogens is 334 g/mol. The van der Waals surface area contributed by atoms with Crippen LogP contribution in [-0.2, 0) is 11.2 Å². The van der Waals surface area contributed by atoms with Gasteiger partial charge in [0.15, 0.2) is 5.13 Å². The molecule has 0 aliphatic heterocycles. The first-order valence-corrected chi connectivity index (χ1v) is 8.67. The predicted octanol–water partition coefficient (Wildman–Crippen LogP) is 4.18. The third-order valence-corrected chi connectivity index (χ3v) is 4.68. The van der Waals surface area contributed by atoms with E-state index in [-0.39, 0.29) is 18.1 Å². The summed E-state index contributed by atoms with van der Waals surface area (Å²) in [6, 6.07) is 14.8. The second-order valence-electron chi connectivity index (χ2n) is 5.67. The first kappa shape index (κ1) is 15.4. The van der Waals surface area contributed by atoms with Gasteiger partial charge in [-0.3, -0.25) is 4.79 Å². The Bertz CT molecular complexity index is 1050. The number of fused-ring (bicyclic) bond motifs is 1. The average molecular weight is 349 g/mol. The summed E-state index contributed by atoms with van der Waals surface area (Å²) in [6.07, 6.45) is 2.15. The lowest BCUT2D eigenvalue weighted by molar-refractivity contribution is -0.115. The molecule has 0 unspecified atom stereocenters. The van der Waals surface area contributed by atoms with Crippen molar-refractivity contribution in [1.82, 2.24) is 9.97 Å². The zero-order valence-corrected chi connectivity index (χ0v) is 14.0. The van der Waals surface area contributed by atoms with Gasteiger partial charge in [-0.15, -0.1) is 11.3 Å². The number of carbonyl (C=O) groups excluding carboxylic acids is 1. The fraction of sp³-hybridized carbons (Fsp3) is 0.0526. The number of anilines is 1. The van der Waals surface area contributed by atoms with Gasteiger partial charge < -0.3 is 15.4 Å². The fourth-order valence-electron chi connectivity index (χ4n) is 2.74. The van der Waals surface area contributed by atoms with Gasteiger partial charge in [0, 0.05) is 28.0 Å². The largest absolute Gasteiger partial charge is 0.508 e. The Hall–Kier alpha value is -3.12. The summed E-state index contributed by atoms with van der Waals surface area (Å²) in [5.74, 6) is 0.0805. The number of nitrogens with zero attached hydrogens (tertiary/aromatic N) is 1. The van der Waals surface area contributed by atoms with E-state index in [0.29, 0.717) is 5.13 Å². The summed E-state index contributed by atoms with van der Waals surface area (Å²) >= 11 is 1.36. The zero-order valence-electron chi connectivity index (χ0n) is 13.2. The number of benzene rings is 2. The molecule has 0 radical (unpaired) electrons. The Morgan fingerprint density at radius 1 is 1.20 bits per heavy atom. The third kappa shape index (κ3) is 3.25. The molecule has 4 aromatic rings. The smallest absolute Gasteiger partial charge is 0.230 e. The molecule has 1 amide bonds. The van der Waals surface area contributed by atoms with Crippen molar-refractivity contribution in [3.8, 4) is 17.0 Å². The molecule has 25 heavy (non-hydrogen) atoms. The van der Waals surface area contributed by atoms with Crippen LogP contribution >= 0.6 is 11.3 Å². The van der Waals surface area contributed by atoms with Gasteiger partial charge in [0.05, 0.1) is 12.1 Å². The van der Waals surface area contributed by atoms with E-state index >= 15 is 0 Å². The van der Waals surface area contributed by atoms with Crippen LogP contribution in [0.2, 0.25) is 0 Å². The van der Waals surface area contributed by atoms with Gasteiger partial charge in [0.1, 0.15) is 5.75 Å². The van der Waals surface area contributed by atoms with Gasteiger partial charge in [-0.05, 0) is 23.8 Å². The number of phenols is 1. The number of para-hydroxylation sites is 1. The van der Waals surface area contributed by atoms with Crippen molar-refractivity contribution >= 4 is 33.3 Å². The van der Waals surface area contributed by atoms with Gasteiger partial charge in [-0.1, -0.05) is 30.3 Å². The second-order valence-corrected chi connectivity index (χ2v) is 6.53. The Morgan fingerprint density at radius 2 is 2.08 bits per heavy atom. The highest BCUT2D eigenvalue weighted by molar-refractivity contribution is 7.14. The highest BCUT2D eigenvalue weighted by Gasteiger charge is 2.11. The number of phenolic OH excluding ortho intramolecular Hbond substituents is 1. The summed E-state index contributed by atoms with van der Waals surface area (Å²) in [5.41, 5.74) is 3.51. The van der Waals surface area contributed by atoms with Crippen molar-refractivity contribution < 1.29 is 9.90 Å². The molecule has 124 valence electrons. The highest BCUT2D eigenvalue weighted by atomic mass is 32.1. The maximum atomic E-state index is 12.3. The van der Waals surface area contributed by atoms with Crippen LogP contribution in [0.4, 0.5) is 5.13 Å². The minimum Gasteiger partial charge on any atom is -0.508 e. The van der Waals surface area contributed by atoms with Crippen molar-refractivity contribution in [2.45, 2.75) is 6.42 Å². The van der Waals surface area contributed by atoms with Crippen LogP contribution in [0.25, 0.3) is 22.2 Å². The molecule has 5 nitrogen and oxygen atoms in total. The summed E-state index contributed by atoms with van der Waals surface area (Å²) in [4.78, 5) is 19.9. The lowest BCUT2D eigenvalue weighted by Gasteiger charge is -2.01. The number of hydrogen-bond donors (Lipinski definition) is 3. The molecule has 0 aliphatic carbocycles. The van der Waals surface area contributed by atoms with E-state index in [2.05, 4.69) is 15.3 Å². The monoisotopic (exact) mass is 349 g/mol. The zero-order chi connectivity index (χ0) is 17.2. The fourth-order valence-corrected chi connectivity index (χ4v) is 3.48. The number of amides is 1. The van der Waals surface area contributed by atoms with Crippen molar-refractivity contribution in [3.05, 3.63) is 65.7 Å². The summed E-state index contributed by atoms with van der Waals surface area (Å²) in [7, 11) is 0. The number of nitrogens with one attached hydrogen (secondary N) is 2. The molecule has 2 heterocycles. The van der Waals surface area contributed by atoms with Crippen molar-refractivity contribution in [1.29, 1.82) is 0 Å². The summed E-state index contributed by atoms with van der Waals surface area (Å²) in [6.45, 7) is 0. The van der Waals surface area contributed by atoms with Crippen LogP contribution in [0, 0.1) is 0 Å². The molecule has 0 bridgehead atoms. The first-order valence-electron chi connectivity index (χ1n) is 7.79. The number of H-pyrrole nitrogens is 1. The quantitative estimate of drug-likeness (QED) is 0.517. The maximum absolute atomic E-state index is 12.3. The molecule has 3 N–H and O–H groups in total. The number of hydrogen-bond acceptors (Lipinski definition) is 4. The SMILES string of the molecule is O=C(Cc1c[nH]c2ccccc12)Nc1nc(-c2cccc(O)c2)cs1. The Morgan fingerprint density at radius 3 is 2.96 bits per heavy atom. The number of rotatable bonds is 4. The van der Waals surface area contributed by atoms with Crippen molar-refractivity contribution in [2.24, 2.45) is 0 Å². The van der Waals surface area contributed by atoms with E-state index in [1.165, 1.54) is 11.3 Å². The molecule has 4 rings (SSSR count). The normalized spacial score (nSPS) is 10.9. The van der Waals surface area contributed by atoms with E-state index in [0.717, 1.165) is 27.7 Å². The average Bonchev–Trinajstić information content (AvgIpc) is 3.23. The topological polar surface area (TPSA) is 78.0 Å². The standard InChI is InChI=1S/C19H15N3O2S/c23-14-5-3-4-12(8-14)17-11-25-19(21-17)22-18(24)9-13-10-20-16-7-2-1-6-15(13)16/h1-8,10-11,20,23H,9H2,(H,21,22,24). The van der Waals surface area contributed by atoms with Crippen molar-refractivity contribution in [3.63, 3.8) is 0 Å². The molecule has 0 spiro atoms. The molecular formula is C19H15N3O2S. The number of aromatic nitrogens is 2. The van der Waals surface area contributed by atoms with Crippen LogP contribution in [0.5, 0.6) is 5.75 Å². The van der Waals surface area contributed by atoms with Gasteiger partial charge in [-0.25, -0.2) is 4.98 Å². The molecule has 2 aromatic carbocycles. The third-order valence-electron chi connectivity index (χ3n) is 3.92. The molecule has 0 saturated carbocycles. The van der Waals surface area contributed by atoms with Crippen molar-refractivity contribution in [2.75, 3.05) is 5.32 Å². The van der Waals surface area contributed by atoms with E-state index < -0.39 is 0 Å². The highest BCUT2D eigenvalue weighted by Crippen LogP contribution is 2.27. The maximum Gasteiger partial charge on any atom is 0.230 e. The second kappa shape index (κ2) is 6.41. The van der Waals surface area contributed by atoms with Crippen LogP contribution in [0.15, 0.2) is 60.1 Å². The number of carbonyl (C=O) groups is 1. The van der Waals surface area contributed by atoms with E-state index in [9.17, 15) is 9.90 Å². The molecule has 0 atom stereocenters. The van der Waals surface area contributed by atoms with Crippen LogP contribution < -0.4 is 5.32 Å². The minimum atomic E-state index is -0.110. The minimum absolute atomic E-state index is 0.110.